The molecule has 0 unspecified atom stereocenters. The summed E-state index contributed by atoms with van der Waals surface area (Å²) < 4.78 is 6.98. The number of amides is 1. The fourth-order valence-electron chi connectivity index (χ4n) is 3.03. The van der Waals surface area contributed by atoms with Crippen molar-refractivity contribution in [1.29, 1.82) is 0 Å². The smallest absolute Gasteiger partial charge is 0.266 e. The Kier molecular flexibility index (Phi) is 5.52. The van der Waals surface area contributed by atoms with Gasteiger partial charge in [-0.25, -0.2) is 4.98 Å². The van der Waals surface area contributed by atoms with Crippen LogP contribution in [0.1, 0.15) is 18.4 Å². The molecule has 29 heavy (non-hydrogen) atoms. The largest absolute Gasteiger partial charge is 0.495 e. The van der Waals surface area contributed by atoms with Crippen LogP contribution in [0.25, 0.3) is 16.6 Å². The third kappa shape index (κ3) is 4.11. The quantitative estimate of drug-likeness (QED) is 0.477. The molecule has 1 aliphatic carbocycles. The SMILES string of the molecule is COc1cc(Cl)c(C)cc1-n1c(SCC(=O)NC2CC2)nc2ccccc2c1=O. The number of carbonyl (C=O) groups is 1. The lowest BCUT2D eigenvalue weighted by Gasteiger charge is -2.17. The molecule has 0 saturated heterocycles. The van der Waals surface area contributed by atoms with Crippen LogP contribution >= 0.6 is 23.4 Å². The topological polar surface area (TPSA) is 73.2 Å². The normalized spacial score (nSPS) is 13.5. The molecule has 2 aromatic carbocycles. The van der Waals surface area contributed by atoms with Crippen molar-refractivity contribution in [3.05, 3.63) is 57.3 Å². The minimum Gasteiger partial charge on any atom is -0.495 e. The molecule has 150 valence electrons. The minimum absolute atomic E-state index is 0.0642. The van der Waals surface area contributed by atoms with E-state index in [0.717, 1.165) is 18.4 Å². The average molecular weight is 430 g/mol. The number of fused-ring (bicyclic) bond motifs is 1. The lowest BCUT2D eigenvalue weighted by Crippen LogP contribution is -2.28. The number of hydrogen-bond acceptors (Lipinski definition) is 5. The first-order valence-electron chi connectivity index (χ1n) is 9.26. The van der Waals surface area contributed by atoms with E-state index in [2.05, 4.69) is 10.3 Å². The lowest BCUT2D eigenvalue weighted by atomic mass is 10.2. The monoisotopic (exact) mass is 429 g/mol. The van der Waals surface area contributed by atoms with E-state index < -0.39 is 0 Å². The molecule has 0 spiro atoms. The van der Waals surface area contributed by atoms with Crippen molar-refractivity contribution in [3.63, 3.8) is 0 Å². The summed E-state index contributed by atoms with van der Waals surface area (Å²) in [5, 5.41) is 4.43. The van der Waals surface area contributed by atoms with Gasteiger partial charge in [0, 0.05) is 17.1 Å². The van der Waals surface area contributed by atoms with Crippen molar-refractivity contribution in [2.75, 3.05) is 12.9 Å². The van der Waals surface area contributed by atoms with Gasteiger partial charge < -0.3 is 10.1 Å². The van der Waals surface area contributed by atoms with Gasteiger partial charge in [0.25, 0.3) is 5.56 Å². The molecule has 8 heteroatoms. The van der Waals surface area contributed by atoms with Gasteiger partial charge >= 0.3 is 0 Å². The highest BCUT2D eigenvalue weighted by atomic mass is 35.5. The summed E-state index contributed by atoms with van der Waals surface area (Å²) in [6.45, 7) is 1.86. The number of benzene rings is 2. The van der Waals surface area contributed by atoms with Crippen molar-refractivity contribution in [3.8, 4) is 11.4 Å². The Bertz CT molecular complexity index is 1160. The number of rotatable bonds is 6. The van der Waals surface area contributed by atoms with Crippen LogP contribution in [-0.2, 0) is 4.79 Å². The molecular weight excluding hydrogens is 410 g/mol. The summed E-state index contributed by atoms with van der Waals surface area (Å²) in [5.41, 5.74) is 1.72. The van der Waals surface area contributed by atoms with Crippen molar-refractivity contribution in [2.45, 2.75) is 31.0 Å². The zero-order valence-electron chi connectivity index (χ0n) is 16.1. The van der Waals surface area contributed by atoms with Gasteiger partial charge in [-0.15, -0.1) is 0 Å². The second-order valence-electron chi connectivity index (χ2n) is 6.96. The van der Waals surface area contributed by atoms with E-state index in [1.165, 1.54) is 23.4 Å². The Labute approximate surface area is 177 Å². The first-order valence-corrected chi connectivity index (χ1v) is 10.6. The molecule has 1 aliphatic rings. The number of para-hydroxylation sites is 1. The average Bonchev–Trinajstić information content (AvgIpc) is 3.52. The summed E-state index contributed by atoms with van der Waals surface area (Å²) >= 11 is 7.47. The third-order valence-corrected chi connectivity index (χ3v) is 6.07. The molecule has 0 bridgehead atoms. The van der Waals surface area contributed by atoms with Gasteiger partial charge in [0.15, 0.2) is 5.16 Å². The third-order valence-electron chi connectivity index (χ3n) is 4.72. The molecule has 1 saturated carbocycles. The Morgan fingerprint density at radius 3 is 2.83 bits per heavy atom. The molecule has 1 heterocycles. The van der Waals surface area contributed by atoms with E-state index in [1.807, 2.05) is 13.0 Å². The molecule has 0 radical (unpaired) electrons. The van der Waals surface area contributed by atoms with Crippen molar-refractivity contribution < 1.29 is 9.53 Å². The van der Waals surface area contributed by atoms with Crippen LogP contribution in [0.2, 0.25) is 5.02 Å². The van der Waals surface area contributed by atoms with Crippen molar-refractivity contribution >= 4 is 40.2 Å². The van der Waals surface area contributed by atoms with E-state index in [9.17, 15) is 9.59 Å². The van der Waals surface area contributed by atoms with Crippen LogP contribution in [0.5, 0.6) is 5.75 Å². The number of halogens is 1. The molecular formula is C21H20ClN3O3S. The highest BCUT2D eigenvalue weighted by molar-refractivity contribution is 7.99. The molecule has 3 aromatic rings. The van der Waals surface area contributed by atoms with Crippen LogP contribution < -0.4 is 15.6 Å². The molecule has 1 N–H and O–H groups in total. The number of aryl methyl sites for hydroxylation is 1. The zero-order chi connectivity index (χ0) is 20.5. The maximum Gasteiger partial charge on any atom is 0.266 e. The first kappa shape index (κ1) is 19.8. The number of nitrogens with zero attached hydrogens (tertiary/aromatic N) is 2. The summed E-state index contributed by atoms with van der Waals surface area (Å²) in [6, 6.07) is 10.9. The van der Waals surface area contributed by atoms with Gasteiger partial charge in [-0.1, -0.05) is 35.5 Å². The summed E-state index contributed by atoms with van der Waals surface area (Å²) in [4.78, 5) is 30.2. The molecule has 1 fully saturated rings. The van der Waals surface area contributed by atoms with E-state index in [1.54, 1.807) is 30.3 Å². The van der Waals surface area contributed by atoms with Crippen LogP contribution in [0.4, 0.5) is 0 Å². The van der Waals surface area contributed by atoms with E-state index >= 15 is 0 Å². The van der Waals surface area contributed by atoms with Crippen LogP contribution in [0, 0.1) is 6.92 Å². The zero-order valence-corrected chi connectivity index (χ0v) is 17.6. The Morgan fingerprint density at radius 2 is 2.10 bits per heavy atom. The van der Waals surface area contributed by atoms with Gasteiger partial charge in [-0.2, -0.15) is 0 Å². The summed E-state index contributed by atoms with van der Waals surface area (Å²) in [6.07, 6.45) is 2.05. The molecule has 4 rings (SSSR count). The maximum absolute atomic E-state index is 13.4. The van der Waals surface area contributed by atoms with Crippen LogP contribution in [0.15, 0.2) is 46.3 Å². The molecule has 1 amide bonds. The van der Waals surface area contributed by atoms with Crippen LogP contribution in [-0.4, -0.2) is 34.4 Å². The molecule has 6 nitrogen and oxygen atoms in total. The predicted molar refractivity (Wildman–Crippen MR) is 116 cm³/mol. The number of ether oxygens (including phenoxy) is 1. The number of nitrogens with one attached hydrogen (secondary N) is 1. The number of methoxy groups -OCH3 is 1. The molecule has 0 aliphatic heterocycles. The second-order valence-corrected chi connectivity index (χ2v) is 8.31. The minimum atomic E-state index is -0.222. The number of carbonyl (C=O) groups excluding carboxylic acids is 1. The Balaban J connectivity index is 1.84. The van der Waals surface area contributed by atoms with Crippen molar-refractivity contribution in [2.24, 2.45) is 0 Å². The molecule has 0 atom stereocenters. The number of thioether (sulfide) groups is 1. The predicted octanol–water partition coefficient (Wildman–Crippen LogP) is 3.73. The lowest BCUT2D eigenvalue weighted by molar-refractivity contribution is -0.118. The number of hydrogen-bond donors (Lipinski definition) is 1. The van der Waals surface area contributed by atoms with E-state index in [4.69, 9.17) is 16.3 Å². The van der Waals surface area contributed by atoms with Gasteiger partial charge in [-0.3, -0.25) is 14.2 Å². The van der Waals surface area contributed by atoms with Gasteiger partial charge in [0.05, 0.1) is 29.5 Å². The van der Waals surface area contributed by atoms with Gasteiger partial charge in [-0.05, 0) is 43.5 Å². The standard InChI is InChI=1S/C21H20ClN3O3S/c1-12-9-17(18(28-2)10-15(12)22)25-20(27)14-5-3-4-6-16(14)24-21(25)29-11-19(26)23-13-7-8-13/h3-6,9-10,13H,7-8,11H2,1-2H3,(H,23,26). The summed E-state index contributed by atoms with van der Waals surface area (Å²) in [5.74, 6) is 0.575. The van der Waals surface area contributed by atoms with Crippen molar-refractivity contribution in [1.82, 2.24) is 14.9 Å². The van der Waals surface area contributed by atoms with E-state index in [-0.39, 0.29) is 23.3 Å². The Morgan fingerprint density at radius 1 is 1.34 bits per heavy atom. The fraction of sp³-hybridized carbons (Fsp3) is 0.286. The van der Waals surface area contributed by atoms with Gasteiger partial charge in [0.1, 0.15) is 5.75 Å². The Hall–Kier alpha value is -2.51. The van der Waals surface area contributed by atoms with E-state index in [0.29, 0.717) is 32.5 Å². The van der Waals surface area contributed by atoms with Crippen LogP contribution in [0.3, 0.4) is 0 Å². The summed E-state index contributed by atoms with van der Waals surface area (Å²) in [7, 11) is 1.53. The first-order chi connectivity index (χ1) is 14.0. The highest BCUT2D eigenvalue weighted by Gasteiger charge is 2.24. The highest BCUT2D eigenvalue weighted by Crippen LogP contribution is 2.32. The maximum atomic E-state index is 13.4. The van der Waals surface area contributed by atoms with Gasteiger partial charge in [0.2, 0.25) is 5.91 Å². The fourth-order valence-corrected chi connectivity index (χ4v) is 4.01. The number of aromatic nitrogens is 2. The molecule has 1 aromatic heterocycles. The second kappa shape index (κ2) is 8.08.